The minimum Gasteiger partial charge on any atom is -0.409 e. The highest BCUT2D eigenvalue weighted by Gasteiger charge is 2.26. The van der Waals surface area contributed by atoms with Gasteiger partial charge in [0.05, 0.1) is 5.75 Å². The Hall–Kier alpha value is -1.31. The molecule has 0 saturated heterocycles. The van der Waals surface area contributed by atoms with Crippen molar-refractivity contribution in [1.29, 1.82) is 0 Å². The Balaban J connectivity index is 4.47. The molecule has 0 aliphatic carbocycles. The molecule has 106 valence electrons. The smallest absolute Gasteiger partial charge is 0.231 e. The Kier molecular flexibility index (Phi) is 6.67. The summed E-state index contributed by atoms with van der Waals surface area (Å²) in [6, 6.07) is 0. The molecule has 0 radical (unpaired) electrons. The summed E-state index contributed by atoms with van der Waals surface area (Å²) >= 11 is 0. The molecule has 0 aromatic heterocycles. The number of nitrogens with one attached hydrogen (secondary N) is 1. The molecule has 0 aliphatic heterocycles. The first-order valence-electron chi connectivity index (χ1n) is 5.70. The molecule has 7 nitrogen and oxygen atoms in total. The molecule has 0 aromatic rings. The quantitative estimate of drug-likeness (QED) is 0.252. The van der Waals surface area contributed by atoms with E-state index < -0.39 is 21.7 Å². The molecule has 0 fully saturated rings. The maximum atomic E-state index is 11.8. The molecule has 0 spiro atoms. The molecule has 0 bridgehead atoms. The molecular weight excluding hydrogens is 258 g/mol. The van der Waals surface area contributed by atoms with Gasteiger partial charge in [-0.15, -0.1) is 0 Å². The van der Waals surface area contributed by atoms with E-state index in [0.717, 1.165) is 0 Å². The van der Waals surface area contributed by atoms with Gasteiger partial charge in [0.15, 0.2) is 15.7 Å². The lowest BCUT2D eigenvalue weighted by Crippen LogP contribution is -2.43. The van der Waals surface area contributed by atoms with Crippen LogP contribution in [0.15, 0.2) is 5.16 Å². The lowest BCUT2D eigenvalue weighted by molar-refractivity contribution is -0.123. The van der Waals surface area contributed by atoms with Gasteiger partial charge >= 0.3 is 0 Å². The van der Waals surface area contributed by atoms with E-state index in [-0.39, 0.29) is 29.8 Å². The van der Waals surface area contributed by atoms with Gasteiger partial charge in [-0.1, -0.05) is 25.9 Å². The summed E-state index contributed by atoms with van der Waals surface area (Å²) in [6.07, 6.45) is 0. The highest BCUT2D eigenvalue weighted by molar-refractivity contribution is 7.91. The van der Waals surface area contributed by atoms with Crippen LogP contribution in [0.2, 0.25) is 0 Å². The average molecular weight is 279 g/mol. The highest BCUT2D eigenvalue weighted by atomic mass is 32.2. The van der Waals surface area contributed by atoms with Crippen molar-refractivity contribution in [1.82, 2.24) is 5.32 Å². The van der Waals surface area contributed by atoms with Crippen molar-refractivity contribution in [2.24, 2.45) is 22.7 Å². The van der Waals surface area contributed by atoms with E-state index in [1.807, 2.05) is 0 Å². The van der Waals surface area contributed by atoms with Crippen molar-refractivity contribution in [3.63, 3.8) is 0 Å². The third-order valence-corrected chi connectivity index (χ3v) is 4.24. The Bertz CT molecular complexity index is 403. The minimum absolute atomic E-state index is 0.0247. The second-order valence-corrected chi connectivity index (χ2v) is 6.75. The molecular formula is C10H21N3O4S. The summed E-state index contributed by atoms with van der Waals surface area (Å²) in [5.41, 5.74) is 5.42. The zero-order valence-electron chi connectivity index (χ0n) is 10.9. The van der Waals surface area contributed by atoms with Gasteiger partial charge in [0.1, 0.15) is 5.92 Å². The summed E-state index contributed by atoms with van der Waals surface area (Å²) in [4.78, 5) is 11.8. The fourth-order valence-corrected chi connectivity index (χ4v) is 2.13. The van der Waals surface area contributed by atoms with E-state index in [9.17, 15) is 13.2 Å². The van der Waals surface area contributed by atoms with Crippen molar-refractivity contribution >= 4 is 21.6 Å². The maximum absolute atomic E-state index is 11.8. The average Bonchev–Trinajstić information content (AvgIpc) is 2.28. The lowest BCUT2D eigenvalue weighted by atomic mass is 9.94. The predicted octanol–water partition coefficient (Wildman–Crippen LogP) is -0.444. The normalized spacial score (nSPS) is 14.6. The first kappa shape index (κ1) is 16.7. The first-order valence-corrected chi connectivity index (χ1v) is 7.52. The predicted molar refractivity (Wildman–Crippen MR) is 69.1 cm³/mol. The molecule has 1 unspecified atom stereocenters. The zero-order chi connectivity index (χ0) is 14.3. The molecule has 4 N–H and O–H groups in total. The summed E-state index contributed by atoms with van der Waals surface area (Å²) in [5, 5.41) is 13.9. The Labute approximate surface area is 107 Å². The van der Waals surface area contributed by atoms with Crippen molar-refractivity contribution in [2.75, 3.05) is 18.1 Å². The first-order chi connectivity index (χ1) is 8.25. The molecule has 18 heavy (non-hydrogen) atoms. The third-order valence-electron chi connectivity index (χ3n) is 2.54. The summed E-state index contributed by atoms with van der Waals surface area (Å²) in [5.74, 6) is -1.61. The number of nitrogens with zero attached hydrogens (tertiary/aromatic N) is 1. The Morgan fingerprint density at radius 1 is 1.44 bits per heavy atom. The number of hydrogen-bond donors (Lipinski definition) is 3. The number of nitrogens with two attached hydrogens (primary N) is 1. The molecule has 8 heteroatoms. The van der Waals surface area contributed by atoms with Crippen LogP contribution in [0.3, 0.4) is 0 Å². The van der Waals surface area contributed by atoms with E-state index in [4.69, 9.17) is 10.9 Å². The van der Waals surface area contributed by atoms with Crippen LogP contribution in [-0.4, -0.2) is 43.4 Å². The largest absolute Gasteiger partial charge is 0.409 e. The fraction of sp³-hybridized carbons (Fsp3) is 0.800. The number of rotatable bonds is 7. The van der Waals surface area contributed by atoms with Gasteiger partial charge in [-0.2, -0.15) is 0 Å². The number of hydrogen-bond acceptors (Lipinski definition) is 5. The van der Waals surface area contributed by atoms with Gasteiger partial charge in [0.2, 0.25) is 5.91 Å². The van der Waals surface area contributed by atoms with Gasteiger partial charge in [0, 0.05) is 12.3 Å². The van der Waals surface area contributed by atoms with Crippen molar-refractivity contribution in [2.45, 2.75) is 20.8 Å². The van der Waals surface area contributed by atoms with Crippen molar-refractivity contribution in [3.8, 4) is 0 Å². The standard InChI is InChI=1S/C10H21N3O4S/c1-4-18(16,17)6-5-12-10(14)8(7(2)3)9(11)13-15/h7-8,15H,4-6H2,1-3H3,(H2,11,13)(H,12,14). The van der Waals surface area contributed by atoms with Gasteiger partial charge in [-0.3, -0.25) is 4.79 Å². The monoisotopic (exact) mass is 279 g/mol. The summed E-state index contributed by atoms with van der Waals surface area (Å²) < 4.78 is 22.5. The molecule has 0 aliphatic rings. The molecule has 1 amide bonds. The van der Waals surface area contributed by atoms with Crippen molar-refractivity contribution in [3.05, 3.63) is 0 Å². The van der Waals surface area contributed by atoms with E-state index in [1.54, 1.807) is 20.8 Å². The summed E-state index contributed by atoms with van der Waals surface area (Å²) in [7, 11) is -3.11. The summed E-state index contributed by atoms with van der Waals surface area (Å²) in [6.45, 7) is 5.08. The number of sulfone groups is 1. The van der Waals surface area contributed by atoms with E-state index in [1.165, 1.54) is 0 Å². The van der Waals surface area contributed by atoms with Crippen LogP contribution < -0.4 is 11.1 Å². The SMILES string of the molecule is CCS(=O)(=O)CCNC(=O)C(C(N)=NO)C(C)C. The number of amides is 1. The van der Waals surface area contributed by atoms with Crippen LogP contribution >= 0.6 is 0 Å². The molecule has 0 aromatic carbocycles. The van der Waals surface area contributed by atoms with Crippen LogP contribution in [0.4, 0.5) is 0 Å². The molecule has 0 saturated carbocycles. The number of carbonyl (C=O) groups excluding carboxylic acids is 1. The van der Waals surface area contributed by atoms with Gasteiger partial charge < -0.3 is 16.3 Å². The Morgan fingerprint density at radius 3 is 2.39 bits per heavy atom. The number of amidine groups is 1. The second kappa shape index (κ2) is 7.20. The molecule has 0 heterocycles. The van der Waals surface area contributed by atoms with E-state index >= 15 is 0 Å². The van der Waals surface area contributed by atoms with Crippen LogP contribution in [0.1, 0.15) is 20.8 Å². The fourth-order valence-electron chi connectivity index (χ4n) is 1.42. The Morgan fingerprint density at radius 2 is 2.00 bits per heavy atom. The van der Waals surface area contributed by atoms with Crippen LogP contribution in [0.25, 0.3) is 0 Å². The van der Waals surface area contributed by atoms with Gasteiger partial charge in [-0.05, 0) is 5.92 Å². The topological polar surface area (TPSA) is 122 Å². The minimum atomic E-state index is -3.11. The molecule has 0 rings (SSSR count). The lowest BCUT2D eigenvalue weighted by Gasteiger charge is -2.18. The highest BCUT2D eigenvalue weighted by Crippen LogP contribution is 2.11. The van der Waals surface area contributed by atoms with Crippen molar-refractivity contribution < 1.29 is 18.4 Å². The van der Waals surface area contributed by atoms with Gasteiger partial charge in [0.25, 0.3) is 0 Å². The third kappa shape index (κ3) is 5.35. The zero-order valence-corrected chi connectivity index (χ0v) is 11.7. The second-order valence-electron chi connectivity index (χ2n) is 4.27. The van der Waals surface area contributed by atoms with Crippen LogP contribution in [-0.2, 0) is 14.6 Å². The van der Waals surface area contributed by atoms with E-state index in [2.05, 4.69) is 10.5 Å². The van der Waals surface area contributed by atoms with Crippen LogP contribution in [0.5, 0.6) is 0 Å². The number of carbonyl (C=O) groups is 1. The van der Waals surface area contributed by atoms with Crippen LogP contribution in [0, 0.1) is 11.8 Å². The van der Waals surface area contributed by atoms with E-state index in [0.29, 0.717) is 0 Å². The molecule has 1 atom stereocenters. The number of oxime groups is 1. The maximum Gasteiger partial charge on any atom is 0.231 e. The van der Waals surface area contributed by atoms with Gasteiger partial charge in [-0.25, -0.2) is 8.42 Å².